The molecule has 11 heavy (non-hydrogen) atoms. The summed E-state index contributed by atoms with van der Waals surface area (Å²) in [6.07, 6.45) is 5.32. The molecule has 1 heterocycles. The van der Waals surface area contributed by atoms with Gasteiger partial charge in [-0.05, 0) is 12.8 Å². The molecular weight excluding hydrogens is 140 g/mol. The Hall–Kier alpha value is -0.530. The molecule has 0 radical (unpaired) electrons. The third-order valence-corrected chi connectivity index (χ3v) is 1.54. The minimum atomic E-state index is -0.0359. The largest absolute Gasteiger partial charge is 0.466 e. The lowest BCUT2D eigenvalue weighted by atomic mass is 10.2. The second kappa shape index (κ2) is 7.58. The van der Waals surface area contributed by atoms with E-state index < -0.39 is 0 Å². The van der Waals surface area contributed by atoms with Crippen LogP contribution in [-0.4, -0.2) is 12.6 Å². The van der Waals surface area contributed by atoms with Crippen LogP contribution in [0.5, 0.6) is 0 Å². The lowest BCUT2D eigenvalue weighted by molar-refractivity contribution is -0.146. The fraction of sp³-hybridized carbons (Fsp3) is 0.889. The van der Waals surface area contributed by atoms with Gasteiger partial charge in [0.05, 0.1) is 6.61 Å². The second-order valence-electron chi connectivity index (χ2n) is 2.68. The van der Waals surface area contributed by atoms with Crippen LogP contribution in [0.25, 0.3) is 0 Å². The third-order valence-electron chi connectivity index (χ3n) is 1.54. The molecule has 0 unspecified atom stereocenters. The van der Waals surface area contributed by atoms with Crippen LogP contribution in [0.15, 0.2) is 0 Å². The van der Waals surface area contributed by atoms with Gasteiger partial charge in [0.25, 0.3) is 0 Å². The van der Waals surface area contributed by atoms with Gasteiger partial charge in [-0.15, -0.1) is 0 Å². The summed E-state index contributed by atoms with van der Waals surface area (Å²) >= 11 is 0. The van der Waals surface area contributed by atoms with Crippen molar-refractivity contribution < 1.29 is 9.53 Å². The van der Waals surface area contributed by atoms with Crippen LogP contribution >= 0.6 is 0 Å². The highest BCUT2D eigenvalue weighted by molar-refractivity contribution is 5.69. The first-order valence-corrected chi connectivity index (χ1v) is 4.46. The predicted octanol–water partition coefficient (Wildman–Crippen LogP) is 2.52. The number of esters is 1. The Morgan fingerprint density at radius 1 is 1.27 bits per heavy atom. The van der Waals surface area contributed by atoms with E-state index >= 15 is 0 Å². The smallest absolute Gasteiger partial charge is 0.305 e. The standard InChI is InChI=1S/C5H8O2.C4H10/c6-5-3-1-2-4-7-5;1-3-4-2/h1-4H2;3-4H2,1-2H3. The fourth-order valence-electron chi connectivity index (χ4n) is 0.630. The van der Waals surface area contributed by atoms with Gasteiger partial charge in [0.1, 0.15) is 0 Å². The van der Waals surface area contributed by atoms with Crippen molar-refractivity contribution in [3.05, 3.63) is 0 Å². The van der Waals surface area contributed by atoms with Gasteiger partial charge < -0.3 is 4.74 Å². The van der Waals surface area contributed by atoms with Crippen molar-refractivity contribution in [2.75, 3.05) is 6.61 Å². The second-order valence-corrected chi connectivity index (χ2v) is 2.68. The maximum Gasteiger partial charge on any atom is 0.305 e. The highest BCUT2D eigenvalue weighted by atomic mass is 16.5. The van der Waals surface area contributed by atoms with Crippen LogP contribution in [0.2, 0.25) is 0 Å². The summed E-state index contributed by atoms with van der Waals surface area (Å²) in [5, 5.41) is 0. The van der Waals surface area contributed by atoms with E-state index in [2.05, 4.69) is 18.6 Å². The minimum absolute atomic E-state index is 0.0359. The van der Waals surface area contributed by atoms with Crippen molar-refractivity contribution in [1.29, 1.82) is 0 Å². The van der Waals surface area contributed by atoms with Crippen molar-refractivity contribution in [3.8, 4) is 0 Å². The molecule has 1 rings (SSSR count). The molecule has 0 N–H and O–H groups in total. The first-order valence-electron chi connectivity index (χ1n) is 4.46. The summed E-state index contributed by atoms with van der Waals surface area (Å²) in [7, 11) is 0. The van der Waals surface area contributed by atoms with Crippen LogP contribution in [-0.2, 0) is 9.53 Å². The number of hydrogen-bond acceptors (Lipinski definition) is 2. The zero-order chi connectivity index (χ0) is 8.53. The van der Waals surface area contributed by atoms with Gasteiger partial charge in [-0.3, -0.25) is 4.79 Å². The molecule has 0 saturated carbocycles. The Balaban J connectivity index is 0.000000218. The molecule has 2 heteroatoms. The van der Waals surface area contributed by atoms with Crippen LogP contribution in [0.3, 0.4) is 0 Å². The minimum Gasteiger partial charge on any atom is -0.466 e. The number of hydrogen-bond donors (Lipinski definition) is 0. The summed E-state index contributed by atoms with van der Waals surface area (Å²) in [5.41, 5.74) is 0. The number of cyclic esters (lactones) is 1. The van der Waals surface area contributed by atoms with Crippen LogP contribution in [0.1, 0.15) is 46.0 Å². The quantitative estimate of drug-likeness (QED) is 0.548. The van der Waals surface area contributed by atoms with E-state index in [1.54, 1.807) is 0 Å². The highest BCUT2D eigenvalue weighted by Gasteiger charge is 2.06. The number of carbonyl (C=O) groups is 1. The van der Waals surface area contributed by atoms with E-state index in [0.29, 0.717) is 13.0 Å². The van der Waals surface area contributed by atoms with Gasteiger partial charge in [-0.1, -0.05) is 26.7 Å². The van der Waals surface area contributed by atoms with E-state index in [0.717, 1.165) is 12.8 Å². The van der Waals surface area contributed by atoms with Crippen molar-refractivity contribution >= 4 is 5.97 Å². The van der Waals surface area contributed by atoms with Gasteiger partial charge >= 0.3 is 5.97 Å². The van der Waals surface area contributed by atoms with Gasteiger partial charge in [0.2, 0.25) is 0 Å². The van der Waals surface area contributed by atoms with Crippen LogP contribution in [0, 0.1) is 0 Å². The molecule has 1 aliphatic rings. The Labute approximate surface area is 68.9 Å². The monoisotopic (exact) mass is 158 g/mol. The van der Waals surface area contributed by atoms with E-state index in [4.69, 9.17) is 0 Å². The first kappa shape index (κ1) is 10.5. The molecule has 1 fully saturated rings. The molecule has 0 aromatic rings. The fourth-order valence-corrected chi connectivity index (χ4v) is 0.630. The molecule has 0 amide bonds. The molecule has 2 nitrogen and oxygen atoms in total. The van der Waals surface area contributed by atoms with Crippen molar-refractivity contribution in [1.82, 2.24) is 0 Å². The Morgan fingerprint density at radius 2 is 1.91 bits per heavy atom. The Bertz CT molecular complexity index is 89.7. The lowest BCUT2D eigenvalue weighted by Crippen LogP contribution is -2.10. The maximum absolute atomic E-state index is 10.2. The van der Waals surface area contributed by atoms with Crippen molar-refractivity contribution in [2.24, 2.45) is 0 Å². The predicted molar refractivity (Wildman–Crippen MR) is 45.4 cm³/mol. The summed E-state index contributed by atoms with van der Waals surface area (Å²) < 4.78 is 4.64. The van der Waals surface area contributed by atoms with E-state index in [-0.39, 0.29) is 5.97 Å². The van der Waals surface area contributed by atoms with Gasteiger partial charge in [-0.25, -0.2) is 0 Å². The zero-order valence-corrected chi connectivity index (χ0v) is 7.56. The molecule has 0 aromatic heterocycles. The first-order chi connectivity index (χ1) is 5.31. The van der Waals surface area contributed by atoms with E-state index in [1.165, 1.54) is 12.8 Å². The number of rotatable bonds is 1. The Morgan fingerprint density at radius 3 is 2.09 bits per heavy atom. The SMILES string of the molecule is CCCC.O=C1CCCCO1. The zero-order valence-electron chi connectivity index (χ0n) is 7.56. The van der Waals surface area contributed by atoms with Crippen LogP contribution in [0.4, 0.5) is 0 Å². The summed E-state index contributed by atoms with van der Waals surface area (Å²) in [6, 6.07) is 0. The normalized spacial score (nSPS) is 16.4. The third kappa shape index (κ3) is 7.37. The van der Waals surface area contributed by atoms with Crippen LogP contribution < -0.4 is 0 Å². The average molecular weight is 158 g/mol. The average Bonchev–Trinajstić information content (AvgIpc) is 2.07. The molecule has 0 aliphatic carbocycles. The lowest BCUT2D eigenvalue weighted by Gasteiger charge is -2.08. The van der Waals surface area contributed by atoms with E-state index in [1.807, 2.05) is 0 Å². The molecule has 1 saturated heterocycles. The maximum atomic E-state index is 10.2. The molecule has 0 bridgehead atoms. The number of carbonyl (C=O) groups excluding carboxylic acids is 1. The van der Waals surface area contributed by atoms with Gasteiger partial charge in [0, 0.05) is 6.42 Å². The molecular formula is C9H18O2. The topological polar surface area (TPSA) is 26.3 Å². The highest BCUT2D eigenvalue weighted by Crippen LogP contribution is 2.04. The molecule has 0 aromatic carbocycles. The summed E-state index contributed by atoms with van der Waals surface area (Å²) in [4.78, 5) is 10.2. The number of ether oxygens (including phenoxy) is 1. The van der Waals surface area contributed by atoms with Gasteiger partial charge in [0.15, 0.2) is 0 Å². The summed E-state index contributed by atoms with van der Waals surface area (Å²) in [6.45, 7) is 5.00. The molecule has 66 valence electrons. The molecule has 0 spiro atoms. The molecule has 0 atom stereocenters. The Kier molecular flexibility index (Phi) is 7.21. The van der Waals surface area contributed by atoms with E-state index in [9.17, 15) is 4.79 Å². The number of unbranched alkanes of at least 4 members (excludes halogenated alkanes) is 1. The van der Waals surface area contributed by atoms with Crippen molar-refractivity contribution in [3.63, 3.8) is 0 Å². The van der Waals surface area contributed by atoms with Gasteiger partial charge in [-0.2, -0.15) is 0 Å². The summed E-state index contributed by atoms with van der Waals surface area (Å²) in [5.74, 6) is -0.0359. The van der Waals surface area contributed by atoms with Crippen molar-refractivity contribution in [2.45, 2.75) is 46.0 Å². The molecule has 1 aliphatic heterocycles.